The van der Waals surface area contributed by atoms with Crippen LogP contribution in [0.15, 0.2) is 18.2 Å². The number of hydrogen-bond acceptors (Lipinski definition) is 7. The molecule has 0 saturated carbocycles. The fourth-order valence-electron chi connectivity index (χ4n) is 2.18. The molecule has 8 nitrogen and oxygen atoms in total. The molecule has 0 saturated heterocycles. The molecule has 0 radical (unpaired) electrons. The van der Waals surface area contributed by atoms with Gasteiger partial charge in [0, 0.05) is 17.5 Å². The summed E-state index contributed by atoms with van der Waals surface area (Å²) in [5.74, 6) is -0.102. The number of carbonyl (C=O) groups is 1. The van der Waals surface area contributed by atoms with Crippen LogP contribution in [0.25, 0.3) is 0 Å². The largest absolute Gasteiger partial charge is 0.490 e. The molecule has 1 unspecified atom stereocenters. The number of hydrogen-bond donors (Lipinski definition) is 1. The van der Waals surface area contributed by atoms with E-state index in [0.717, 1.165) is 17.8 Å². The number of nitrogens with one attached hydrogen (secondary N) is 1. The average molecular weight is 350 g/mol. The minimum absolute atomic E-state index is 0.100. The second-order valence-electron chi connectivity index (χ2n) is 5.23. The van der Waals surface area contributed by atoms with E-state index in [0.29, 0.717) is 5.13 Å². The topological polar surface area (TPSA) is 107 Å². The Morgan fingerprint density at radius 2 is 2.21 bits per heavy atom. The summed E-state index contributed by atoms with van der Waals surface area (Å²) in [5.41, 5.74) is -0.111. The van der Waals surface area contributed by atoms with Gasteiger partial charge in [-0.05, 0) is 18.6 Å². The number of nitro benzene ring substituents is 1. The quantitative estimate of drug-likeness (QED) is 0.604. The third-order valence-electron chi connectivity index (χ3n) is 3.44. The summed E-state index contributed by atoms with van der Waals surface area (Å²) in [7, 11) is 1.34. The maximum absolute atomic E-state index is 12.3. The van der Waals surface area contributed by atoms with Crippen molar-refractivity contribution in [1.82, 2.24) is 10.2 Å². The molecular formula is C15H18N4O4S. The van der Waals surface area contributed by atoms with Crippen LogP contribution in [-0.4, -0.2) is 28.1 Å². The van der Waals surface area contributed by atoms with E-state index in [1.54, 1.807) is 0 Å². The Balaban J connectivity index is 2.15. The molecule has 1 amide bonds. The van der Waals surface area contributed by atoms with Gasteiger partial charge in [0.2, 0.25) is 5.13 Å². The van der Waals surface area contributed by atoms with Crippen molar-refractivity contribution in [3.05, 3.63) is 38.9 Å². The molecule has 2 aromatic rings. The van der Waals surface area contributed by atoms with Crippen LogP contribution in [0.2, 0.25) is 0 Å². The monoisotopic (exact) mass is 350 g/mol. The maximum Gasteiger partial charge on any atom is 0.311 e. The highest BCUT2D eigenvalue weighted by atomic mass is 32.1. The Morgan fingerprint density at radius 3 is 2.83 bits per heavy atom. The van der Waals surface area contributed by atoms with Crippen LogP contribution in [0, 0.1) is 10.1 Å². The number of methoxy groups -OCH3 is 1. The van der Waals surface area contributed by atoms with Gasteiger partial charge in [0.05, 0.1) is 12.0 Å². The Morgan fingerprint density at radius 1 is 1.46 bits per heavy atom. The third-order valence-corrected chi connectivity index (χ3v) is 4.51. The van der Waals surface area contributed by atoms with Crippen molar-refractivity contribution in [2.24, 2.45) is 0 Å². The smallest absolute Gasteiger partial charge is 0.311 e. The van der Waals surface area contributed by atoms with Crippen molar-refractivity contribution in [2.75, 3.05) is 12.4 Å². The van der Waals surface area contributed by atoms with E-state index in [4.69, 9.17) is 4.74 Å². The van der Waals surface area contributed by atoms with Gasteiger partial charge in [0.15, 0.2) is 5.75 Å². The van der Waals surface area contributed by atoms with Gasteiger partial charge in [0.1, 0.15) is 5.01 Å². The first-order chi connectivity index (χ1) is 11.5. The predicted octanol–water partition coefficient (Wildman–Crippen LogP) is 3.61. The first kappa shape index (κ1) is 17.8. The Bertz CT molecular complexity index is 747. The molecule has 1 aromatic carbocycles. The fourth-order valence-corrected chi connectivity index (χ4v) is 3.01. The molecule has 128 valence electrons. The van der Waals surface area contributed by atoms with E-state index >= 15 is 0 Å². The summed E-state index contributed by atoms with van der Waals surface area (Å²) in [6.07, 6.45) is 2.03. The van der Waals surface area contributed by atoms with Gasteiger partial charge in [-0.25, -0.2) is 0 Å². The molecule has 0 aliphatic heterocycles. The zero-order valence-corrected chi connectivity index (χ0v) is 14.4. The number of ether oxygens (including phenoxy) is 1. The van der Waals surface area contributed by atoms with Gasteiger partial charge in [-0.1, -0.05) is 31.6 Å². The van der Waals surface area contributed by atoms with Crippen LogP contribution in [0.3, 0.4) is 0 Å². The summed E-state index contributed by atoms with van der Waals surface area (Å²) in [6, 6.07) is 4.03. The molecule has 1 heterocycles. The lowest BCUT2D eigenvalue weighted by atomic mass is 10.1. The van der Waals surface area contributed by atoms with E-state index in [1.165, 1.54) is 36.6 Å². The number of amides is 1. The average Bonchev–Trinajstić information content (AvgIpc) is 3.03. The van der Waals surface area contributed by atoms with Crippen molar-refractivity contribution < 1.29 is 14.5 Å². The lowest BCUT2D eigenvalue weighted by Gasteiger charge is -2.05. The van der Waals surface area contributed by atoms with Crippen LogP contribution >= 0.6 is 11.3 Å². The first-order valence-electron chi connectivity index (χ1n) is 7.43. The molecule has 0 aliphatic carbocycles. The second kappa shape index (κ2) is 7.82. The van der Waals surface area contributed by atoms with E-state index in [9.17, 15) is 14.9 Å². The van der Waals surface area contributed by atoms with E-state index in [2.05, 4.69) is 29.4 Å². The summed E-state index contributed by atoms with van der Waals surface area (Å²) >= 11 is 1.31. The number of nitrogens with zero attached hydrogens (tertiary/aromatic N) is 3. The SMILES string of the molecule is CCCC(C)c1nnc(NC(=O)c2ccc(OC)c([N+](=O)[O-])c2)s1. The first-order valence-corrected chi connectivity index (χ1v) is 8.25. The van der Waals surface area contributed by atoms with Gasteiger partial charge >= 0.3 is 5.69 Å². The van der Waals surface area contributed by atoms with Gasteiger partial charge in [0.25, 0.3) is 5.91 Å². The third kappa shape index (κ3) is 4.05. The summed E-state index contributed by atoms with van der Waals surface area (Å²) < 4.78 is 4.92. The summed E-state index contributed by atoms with van der Waals surface area (Å²) in [4.78, 5) is 22.7. The van der Waals surface area contributed by atoms with Gasteiger partial charge < -0.3 is 4.74 Å². The Labute approximate surface area is 143 Å². The fraction of sp³-hybridized carbons (Fsp3) is 0.400. The molecule has 1 atom stereocenters. The van der Waals surface area contributed by atoms with Crippen LogP contribution in [0.1, 0.15) is 48.0 Å². The van der Waals surface area contributed by atoms with Crippen LogP contribution in [0.5, 0.6) is 5.75 Å². The molecule has 0 bridgehead atoms. The number of nitro groups is 1. The van der Waals surface area contributed by atoms with Gasteiger partial charge in [-0.15, -0.1) is 10.2 Å². The molecule has 24 heavy (non-hydrogen) atoms. The molecule has 1 N–H and O–H groups in total. The van der Waals surface area contributed by atoms with Crippen molar-refractivity contribution >= 4 is 28.1 Å². The number of benzene rings is 1. The second-order valence-corrected chi connectivity index (χ2v) is 6.24. The molecule has 2 rings (SSSR count). The molecule has 1 aromatic heterocycles. The Kier molecular flexibility index (Phi) is 5.80. The lowest BCUT2D eigenvalue weighted by molar-refractivity contribution is -0.385. The highest BCUT2D eigenvalue weighted by molar-refractivity contribution is 7.15. The zero-order valence-electron chi connectivity index (χ0n) is 13.6. The van der Waals surface area contributed by atoms with Crippen LogP contribution in [-0.2, 0) is 0 Å². The number of carbonyl (C=O) groups excluding carboxylic acids is 1. The van der Waals surface area contributed by atoms with Crippen LogP contribution in [0.4, 0.5) is 10.8 Å². The number of aromatic nitrogens is 2. The highest BCUT2D eigenvalue weighted by Gasteiger charge is 2.19. The minimum Gasteiger partial charge on any atom is -0.490 e. The standard InChI is InChI=1S/C15H18N4O4S/c1-4-5-9(2)14-17-18-15(24-14)16-13(20)10-6-7-12(23-3)11(8-10)19(21)22/h6-9H,4-5H2,1-3H3,(H,16,18,20). The van der Waals surface area contributed by atoms with E-state index in [1.807, 2.05) is 0 Å². The minimum atomic E-state index is -0.592. The highest BCUT2D eigenvalue weighted by Crippen LogP contribution is 2.29. The maximum atomic E-state index is 12.3. The van der Waals surface area contributed by atoms with Crippen molar-refractivity contribution in [1.29, 1.82) is 0 Å². The van der Waals surface area contributed by atoms with Crippen molar-refractivity contribution in [3.63, 3.8) is 0 Å². The normalized spacial score (nSPS) is 11.8. The van der Waals surface area contributed by atoms with Crippen LogP contribution < -0.4 is 10.1 Å². The van der Waals surface area contributed by atoms with Gasteiger partial charge in [-0.3, -0.25) is 20.2 Å². The molecular weight excluding hydrogens is 332 g/mol. The summed E-state index contributed by atoms with van der Waals surface area (Å²) in [6.45, 7) is 4.15. The summed E-state index contributed by atoms with van der Waals surface area (Å²) in [5, 5.41) is 22.9. The molecule has 0 fully saturated rings. The zero-order chi connectivity index (χ0) is 17.7. The number of rotatable bonds is 7. The molecule has 0 spiro atoms. The van der Waals surface area contributed by atoms with Gasteiger partial charge in [-0.2, -0.15) is 0 Å². The lowest BCUT2D eigenvalue weighted by Crippen LogP contribution is -2.12. The van der Waals surface area contributed by atoms with E-state index in [-0.39, 0.29) is 22.9 Å². The predicted molar refractivity (Wildman–Crippen MR) is 90.8 cm³/mol. The Hall–Kier alpha value is -2.55. The van der Waals surface area contributed by atoms with Crippen molar-refractivity contribution in [3.8, 4) is 5.75 Å². The van der Waals surface area contributed by atoms with Crippen molar-refractivity contribution in [2.45, 2.75) is 32.6 Å². The number of anilines is 1. The van der Waals surface area contributed by atoms with E-state index < -0.39 is 10.8 Å². The molecule has 0 aliphatic rings. The molecule has 9 heteroatoms.